The Morgan fingerprint density at radius 3 is 2.70 bits per heavy atom. The highest BCUT2D eigenvalue weighted by Gasteiger charge is 2.19. The van der Waals surface area contributed by atoms with Gasteiger partial charge in [0.25, 0.3) is 0 Å². The van der Waals surface area contributed by atoms with E-state index in [1.54, 1.807) is 29.1 Å². The van der Waals surface area contributed by atoms with E-state index in [4.69, 9.17) is 4.42 Å². The summed E-state index contributed by atoms with van der Waals surface area (Å²) >= 11 is 0. The third kappa shape index (κ3) is 3.67. The molecule has 4 rings (SSSR count). The first-order valence-corrected chi connectivity index (χ1v) is 8.70. The highest BCUT2D eigenvalue weighted by Crippen LogP contribution is 2.24. The lowest BCUT2D eigenvalue weighted by atomic mass is 10.1. The lowest BCUT2D eigenvalue weighted by Crippen LogP contribution is -2.27. The number of benzene rings is 1. The number of halogens is 1. The molecule has 0 atom stereocenters. The maximum absolute atomic E-state index is 13.5. The van der Waals surface area contributed by atoms with E-state index < -0.39 is 0 Å². The summed E-state index contributed by atoms with van der Waals surface area (Å²) in [4.78, 5) is 9.24. The van der Waals surface area contributed by atoms with Crippen LogP contribution in [-0.2, 0) is 6.42 Å². The fourth-order valence-electron chi connectivity index (χ4n) is 2.87. The Morgan fingerprint density at radius 2 is 2.00 bits per heavy atom. The predicted molar refractivity (Wildman–Crippen MR) is 101 cm³/mol. The standard InChI is InChI=1S/C20H20FN5O/c1-20(2,3)25-19-23-17-14(10-13-6-4-7-15(21)11-13)12-22-26(17)18(24-19)16-8-5-9-27-16/h4-9,11-12H,10H2,1-3H3,(H,23,25). The average Bonchev–Trinajstić information content (AvgIpc) is 3.23. The van der Waals surface area contributed by atoms with E-state index in [0.29, 0.717) is 29.6 Å². The molecule has 0 aliphatic rings. The largest absolute Gasteiger partial charge is 0.461 e. The maximum Gasteiger partial charge on any atom is 0.227 e. The minimum Gasteiger partial charge on any atom is -0.461 e. The molecule has 0 amide bonds. The Bertz CT molecular complexity index is 1080. The van der Waals surface area contributed by atoms with Gasteiger partial charge >= 0.3 is 0 Å². The first kappa shape index (κ1) is 17.2. The van der Waals surface area contributed by atoms with Gasteiger partial charge in [0.15, 0.2) is 11.4 Å². The summed E-state index contributed by atoms with van der Waals surface area (Å²) in [5.74, 6) is 1.38. The fraction of sp³-hybridized carbons (Fsp3) is 0.250. The Labute approximate surface area is 156 Å². The van der Waals surface area contributed by atoms with Crippen LogP contribution in [0.5, 0.6) is 0 Å². The van der Waals surface area contributed by atoms with Crippen LogP contribution in [-0.4, -0.2) is 25.1 Å². The number of hydrogen-bond acceptors (Lipinski definition) is 5. The third-order valence-corrected chi connectivity index (χ3v) is 3.95. The predicted octanol–water partition coefficient (Wildman–Crippen LogP) is 4.32. The number of anilines is 1. The van der Waals surface area contributed by atoms with Gasteiger partial charge in [-0.25, -0.2) is 4.39 Å². The van der Waals surface area contributed by atoms with E-state index in [9.17, 15) is 4.39 Å². The molecule has 0 bridgehead atoms. The monoisotopic (exact) mass is 365 g/mol. The molecule has 27 heavy (non-hydrogen) atoms. The van der Waals surface area contributed by atoms with Gasteiger partial charge in [0, 0.05) is 17.5 Å². The van der Waals surface area contributed by atoms with Crippen LogP contribution < -0.4 is 5.32 Å². The van der Waals surface area contributed by atoms with Crippen LogP contribution >= 0.6 is 0 Å². The number of furan rings is 1. The van der Waals surface area contributed by atoms with Gasteiger partial charge in [-0.3, -0.25) is 0 Å². The first-order chi connectivity index (χ1) is 12.9. The SMILES string of the molecule is CC(C)(C)Nc1nc(-c2ccco2)n2ncc(Cc3cccc(F)c3)c2n1. The number of hydrogen-bond donors (Lipinski definition) is 1. The second-order valence-electron chi connectivity index (χ2n) is 7.44. The zero-order valence-electron chi connectivity index (χ0n) is 15.4. The van der Waals surface area contributed by atoms with Crippen LogP contribution in [0.1, 0.15) is 31.9 Å². The number of rotatable bonds is 4. The highest BCUT2D eigenvalue weighted by molar-refractivity contribution is 5.60. The Kier molecular flexibility index (Phi) is 4.14. The van der Waals surface area contributed by atoms with Crippen molar-refractivity contribution in [2.45, 2.75) is 32.7 Å². The van der Waals surface area contributed by atoms with Crippen molar-refractivity contribution in [1.29, 1.82) is 0 Å². The van der Waals surface area contributed by atoms with Crippen molar-refractivity contribution in [1.82, 2.24) is 19.6 Å². The summed E-state index contributed by atoms with van der Waals surface area (Å²) in [5.41, 5.74) is 2.19. The molecule has 0 unspecified atom stereocenters. The van der Waals surface area contributed by atoms with Gasteiger partial charge in [-0.15, -0.1) is 0 Å². The molecule has 0 aliphatic heterocycles. The van der Waals surface area contributed by atoms with Crippen molar-refractivity contribution in [2.75, 3.05) is 5.32 Å². The van der Waals surface area contributed by atoms with Crippen molar-refractivity contribution >= 4 is 11.6 Å². The minimum absolute atomic E-state index is 0.207. The molecule has 0 saturated heterocycles. The van der Waals surface area contributed by atoms with E-state index in [2.05, 4.69) is 20.4 Å². The van der Waals surface area contributed by atoms with Gasteiger partial charge in [0.05, 0.1) is 12.5 Å². The topological polar surface area (TPSA) is 68.2 Å². The third-order valence-electron chi connectivity index (χ3n) is 3.95. The summed E-state index contributed by atoms with van der Waals surface area (Å²) in [6.45, 7) is 6.12. The van der Waals surface area contributed by atoms with E-state index in [-0.39, 0.29) is 11.4 Å². The number of aromatic nitrogens is 4. The van der Waals surface area contributed by atoms with Gasteiger partial charge in [-0.1, -0.05) is 12.1 Å². The molecule has 3 aromatic heterocycles. The quantitative estimate of drug-likeness (QED) is 0.583. The molecule has 4 aromatic rings. The second kappa shape index (κ2) is 6.50. The Morgan fingerprint density at radius 1 is 1.15 bits per heavy atom. The van der Waals surface area contributed by atoms with Crippen LogP contribution in [0.2, 0.25) is 0 Å². The van der Waals surface area contributed by atoms with Crippen molar-refractivity contribution in [3.8, 4) is 11.6 Å². The summed E-state index contributed by atoms with van der Waals surface area (Å²) in [6.07, 6.45) is 3.85. The molecule has 0 aliphatic carbocycles. The number of fused-ring (bicyclic) bond motifs is 1. The molecule has 3 heterocycles. The summed E-state index contributed by atoms with van der Waals surface area (Å²) in [5, 5.41) is 7.74. The summed E-state index contributed by atoms with van der Waals surface area (Å²) in [7, 11) is 0. The molecule has 6 nitrogen and oxygen atoms in total. The molecule has 0 saturated carbocycles. The van der Waals surface area contributed by atoms with Gasteiger partial charge in [0.1, 0.15) is 5.82 Å². The zero-order valence-corrected chi connectivity index (χ0v) is 15.4. The smallest absolute Gasteiger partial charge is 0.227 e. The van der Waals surface area contributed by atoms with Crippen LogP contribution in [0.15, 0.2) is 53.3 Å². The lowest BCUT2D eigenvalue weighted by Gasteiger charge is -2.20. The van der Waals surface area contributed by atoms with Crippen LogP contribution in [0, 0.1) is 5.82 Å². The minimum atomic E-state index is -0.259. The Hall–Kier alpha value is -3.22. The van der Waals surface area contributed by atoms with Gasteiger partial charge in [-0.2, -0.15) is 19.6 Å². The van der Waals surface area contributed by atoms with Gasteiger partial charge < -0.3 is 9.73 Å². The van der Waals surface area contributed by atoms with Crippen molar-refractivity contribution in [3.63, 3.8) is 0 Å². The van der Waals surface area contributed by atoms with Crippen LogP contribution in [0.3, 0.4) is 0 Å². The molecule has 138 valence electrons. The van der Waals surface area contributed by atoms with E-state index >= 15 is 0 Å². The number of nitrogens with one attached hydrogen (secondary N) is 1. The Balaban J connectivity index is 1.84. The van der Waals surface area contributed by atoms with Gasteiger partial charge in [0.2, 0.25) is 11.8 Å². The van der Waals surface area contributed by atoms with E-state index in [0.717, 1.165) is 11.1 Å². The van der Waals surface area contributed by atoms with Crippen molar-refractivity contribution in [3.05, 3.63) is 65.8 Å². The molecular formula is C20H20FN5O. The van der Waals surface area contributed by atoms with E-state index in [1.165, 1.54) is 12.1 Å². The first-order valence-electron chi connectivity index (χ1n) is 8.70. The second-order valence-corrected chi connectivity index (χ2v) is 7.44. The van der Waals surface area contributed by atoms with E-state index in [1.807, 2.05) is 32.9 Å². The lowest BCUT2D eigenvalue weighted by molar-refractivity contribution is 0.572. The molecule has 0 spiro atoms. The summed E-state index contributed by atoms with van der Waals surface area (Å²) in [6, 6.07) is 10.2. The molecule has 7 heteroatoms. The molecule has 1 N–H and O–H groups in total. The van der Waals surface area contributed by atoms with Gasteiger partial charge in [-0.05, 0) is 50.6 Å². The van der Waals surface area contributed by atoms with Crippen LogP contribution in [0.25, 0.3) is 17.2 Å². The van der Waals surface area contributed by atoms with Crippen molar-refractivity contribution in [2.24, 2.45) is 0 Å². The fourth-order valence-corrected chi connectivity index (χ4v) is 2.87. The highest BCUT2D eigenvalue weighted by atomic mass is 19.1. The number of nitrogens with zero attached hydrogens (tertiary/aromatic N) is 4. The normalized spacial score (nSPS) is 11.9. The molecule has 0 fully saturated rings. The summed E-state index contributed by atoms with van der Waals surface area (Å²) < 4.78 is 20.7. The molecular weight excluding hydrogens is 345 g/mol. The average molecular weight is 365 g/mol. The van der Waals surface area contributed by atoms with Crippen LogP contribution in [0.4, 0.5) is 10.3 Å². The molecule has 1 aromatic carbocycles. The van der Waals surface area contributed by atoms with Crippen molar-refractivity contribution < 1.29 is 8.81 Å². The molecule has 0 radical (unpaired) electrons. The zero-order chi connectivity index (χ0) is 19.0. The maximum atomic E-state index is 13.5.